The lowest BCUT2D eigenvalue weighted by molar-refractivity contribution is 0.0953. The van der Waals surface area contributed by atoms with Crippen molar-refractivity contribution in [2.75, 3.05) is 6.54 Å². The smallest absolute Gasteiger partial charge is 0.254 e. The summed E-state index contributed by atoms with van der Waals surface area (Å²) < 4.78 is 38.8. The monoisotopic (exact) mass is 264 g/mol. The molecule has 0 saturated heterocycles. The maximum atomic E-state index is 13.2. The van der Waals surface area contributed by atoms with E-state index in [1.807, 2.05) is 0 Å². The van der Waals surface area contributed by atoms with E-state index in [-0.39, 0.29) is 11.5 Å². The number of carbonyl (C=O) groups is 1. The first-order valence-electron chi connectivity index (χ1n) is 4.27. The lowest BCUT2D eigenvalue weighted by atomic mass is 10.1. The topological polar surface area (TPSA) is 75.3 Å². The molecule has 0 heterocycles. The number of phenols is 1. The van der Waals surface area contributed by atoms with Crippen LogP contribution in [0, 0.1) is 17.5 Å². The fourth-order valence-electron chi connectivity index (χ4n) is 1.02. The van der Waals surface area contributed by atoms with Crippen molar-refractivity contribution >= 4 is 23.1 Å². The van der Waals surface area contributed by atoms with Crippen molar-refractivity contribution in [1.82, 2.24) is 5.32 Å². The van der Waals surface area contributed by atoms with Gasteiger partial charge in [0.15, 0.2) is 17.4 Å². The molecule has 1 aromatic carbocycles. The van der Waals surface area contributed by atoms with E-state index in [9.17, 15) is 18.0 Å². The minimum Gasteiger partial charge on any atom is -0.503 e. The Morgan fingerprint density at radius 3 is 2.53 bits per heavy atom. The number of rotatable bonds is 3. The molecule has 0 radical (unpaired) electrons. The Labute approximate surface area is 99.2 Å². The van der Waals surface area contributed by atoms with Gasteiger partial charge in [-0.2, -0.15) is 4.39 Å². The van der Waals surface area contributed by atoms with E-state index in [0.717, 1.165) is 0 Å². The van der Waals surface area contributed by atoms with Crippen LogP contribution in [0.3, 0.4) is 0 Å². The van der Waals surface area contributed by atoms with Crippen molar-refractivity contribution in [2.24, 2.45) is 5.73 Å². The van der Waals surface area contributed by atoms with Gasteiger partial charge in [0.25, 0.3) is 5.91 Å². The van der Waals surface area contributed by atoms with Crippen LogP contribution in [0.1, 0.15) is 10.4 Å². The summed E-state index contributed by atoms with van der Waals surface area (Å²) in [5, 5.41) is 10.9. The first kappa shape index (κ1) is 13.2. The van der Waals surface area contributed by atoms with Gasteiger partial charge >= 0.3 is 0 Å². The number of phenolic OH excluding ortho intramolecular Hbond substituents is 1. The molecule has 0 aromatic heterocycles. The summed E-state index contributed by atoms with van der Waals surface area (Å²) in [7, 11) is 0. The van der Waals surface area contributed by atoms with Crippen LogP contribution in [0.5, 0.6) is 5.75 Å². The highest BCUT2D eigenvalue weighted by Gasteiger charge is 2.22. The van der Waals surface area contributed by atoms with Crippen LogP contribution in [-0.2, 0) is 0 Å². The number of halogens is 3. The number of aromatic hydroxyl groups is 1. The van der Waals surface area contributed by atoms with Gasteiger partial charge in [-0.15, -0.1) is 0 Å². The zero-order valence-corrected chi connectivity index (χ0v) is 9.08. The third-order valence-corrected chi connectivity index (χ3v) is 1.95. The molecule has 4 N–H and O–H groups in total. The molecular formula is C9H7F3N2O2S. The Hall–Kier alpha value is -1.83. The van der Waals surface area contributed by atoms with Crippen LogP contribution in [0.15, 0.2) is 6.07 Å². The number of hydrogen-bond acceptors (Lipinski definition) is 3. The molecule has 1 amide bonds. The minimum absolute atomic E-state index is 0.0643. The number of nitrogens with two attached hydrogens (primary N) is 1. The summed E-state index contributed by atoms with van der Waals surface area (Å²) in [5.41, 5.74) is 4.24. The fourth-order valence-corrected chi connectivity index (χ4v) is 1.09. The first-order chi connectivity index (χ1) is 7.84. The van der Waals surface area contributed by atoms with Crippen molar-refractivity contribution in [2.45, 2.75) is 0 Å². The quantitative estimate of drug-likeness (QED) is 0.558. The van der Waals surface area contributed by atoms with Gasteiger partial charge in [0.05, 0.1) is 17.1 Å². The van der Waals surface area contributed by atoms with E-state index in [1.165, 1.54) is 0 Å². The van der Waals surface area contributed by atoms with Crippen molar-refractivity contribution in [3.05, 3.63) is 29.1 Å². The zero-order valence-electron chi connectivity index (χ0n) is 8.26. The predicted molar refractivity (Wildman–Crippen MR) is 57.1 cm³/mol. The lowest BCUT2D eigenvalue weighted by Gasteiger charge is -2.07. The number of carbonyl (C=O) groups excluding carboxylic acids is 1. The van der Waals surface area contributed by atoms with E-state index in [1.54, 1.807) is 0 Å². The number of hydrogen-bond donors (Lipinski definition) is 3. The van der Waals surface area contributed by atoms with E-state index in [4.69, 9.17) is 10.8 Å². The van der Waals surface area contributed by atoms with Crippen LogP contribution in [0.25, 0.3) is 0 Å². The van der Waals surface area contributed by atoms with Gasteiger partial charge in [0, 0.05) is 0 Å². The first-order valence-corrected chi connectivity index (χ1v) is 4.68. The molecule has 0 atom stereocenters. The number of amides is 1. The van der Waals surface area contributed by atoms with Gasteiger partial charge in [0.1, 0.15) is 0 Å². The Kier molecular flexibility index (Phi) is 3.89. The molecule has 0 spiro atoms. The molecule has 0 saturated carbocycles. The molecule has 17 heavy (non-hydrogen) atoms. The molecule has 1 aromatic rings. The molecule has 0 bridgehead atoms. The van der Waals surface area contributed by atoms with Gasteiger partial charge in [-0.1, -0.05) is 12.2 Å². The maximum absolute atomic E-state index is 13.2. The Morgan fingerprint density at radius 1 is 1.41 bits per heavy atom. The number of thiocarbonyl (C=S) groups is 1. The van der Waals surface area contributed by atoms with Gasteiger partial charge in [0.2, 0.25) is 5.82 Å². The SMILES string of the molecule is NC(=S)CNC(=O)c1cc(F)c(F)c(O)c1F. The second-order valence-electron chi connectivity index (χ2n) is 3.03. The normalized spacial score (nSPS) is 10.1. The summed E-state index contributed by atoms with van der Waals surface area (Å²) in [6, 6.07) is 0.333. The standard InChI is InChI=1S/C9H7F3N2O2S/c10-4-1-3(6(11)8(15)7(4)12)9(16)14-2-5(13)17/h1,15H,2H2,(H2,13,17)(H,14,16). The number of nitrogens with one attached hydrogen (secondary N) is 1. The summed E-state index contributed by atoms with van der Waals surface area (Å²) >= 11 is 4.45. The van der Waals surface area contributed by atoms with Gasteiger partial charge in [-0.3, -0.25) is 4.79 Å². The largest absolute Gasteiger partial charge is 0.503 e. The number of benzene rings is 1. The summed E-state index contributed by atoms with van der Waals surface area (Å²) in [6.07, 6.45) is 0. The van der Waals surface area contributed by atoms with Crippen LogP contribution >= 0.6 is 12.2 Å². The molecule has 0 fully saturated rings. The predicted octanol–water partition coefficient (Wildman–Crippen LogP) is 0.825. The molecule has 0 unspecified atom stereocenters. The Bertz CT molecular complexity index is 494. The summed E-state index contributed by atoms with van der Waals surface area (Å²) in [5.74, 6) is -7.46. The zero-order chi connectivity index (χ0) is 13.2. The van der Waals surface area contributed by atoms with E-state index in [0.29, 0.717) is 6.07 Å². The van der Waals surface area contributed by atoms with E-state index in [2.05, 4.69) is 17.5 Å². The highest BCUT2D eigenvalue weighted by molar-refractivity contribution is 7.80. The second-order valence-corrected chi connectivity index (χ2v) is 3.56. The van der Waals surface area contributed by atoms with Crippen LogP contribution < -0.4 is 11.1 Å². The Balaban J connectivity index is 3.06. The molecule has 0 aliphatic carbocycles. The third-order valence-electron chi connectivity index (χ3n) is 1.80. The van der Waals surface area contributed by atoms with Crippen molar-refractivity contribution in [3.8, 4) is 5.75 Å². The molecule has 0 aliphatic rings. The average molecular weight is 264 g/mol. The van der Waals surface area contributed by atoms with Crippen molar-refractivity contribution in [1.29, 1.82) is 0 Å². The molecule has 1 rings (SSSR count). The molecule has 92 valence electrons. The summed E-state index contributed by atoms with van der Waals surface area (Å²) in [4.78, 5) is 11.3. The van der Waals surface area contributed by atoms with Gasteiger partial charge in [-0.25, -0.2) is 8.78 Å². The maximum Gasteiger partial charge on any atom is 0.254 e. The van der Waals surface area contributed by atoms with Crippen molar-refractivity contribution < 1.29 is 23.1 Å². The molecular weight excluding hydrogens is 257 g/mol. The molecule has 4 nitrogen and oxygen atoms in total. The van der Waals surface area contributed by atoms with Crippen LogP contribution in [0.2, 0.25) is 0 Å². The van der Waals surface area contributed by atoms with Crippen molar-refractivity contribution in [3.63, 3.8) is 0 Å². The molecule has 0 aliphatic heterocycles. The molecule has 8 heteroatoms. The van der Waals surface area contributed by atoms with Gasteiger partial charge < -0.3 is 16.2 Å². The third kappa shape index (κ3) is 2.84. The van der Waals surface area contributed by atoms with E-state index >= 15 is 0 Å². The van der Waals surface area contributed by atoms with Crippen LogP contribution in [-0.4, -0.2) is 22.5 Å². The Morgan fingerprint density at radius 2 is 2.00 bits per heavy atom. The highest BCUT2D eigenvalue weighted by Crippen LogP contribution is 2.25. The lowest BCUT2D eigenvalue weighted by Crippen LogP contribution is -2.32. The highest BCUT2D eigenvalue weighted by atomic mass is 32.1. The average Bonchev–Trinajstić information content (AvgIpc) is 2.28. The fraction of sp³-hybridized carbons (Fsp3) is 0.111. The van der Waals surface area contributed by atoms with Crippen LogP contribution in [0.4, 0.5) is 13.2 Å². The minimum atomic E-state index is -1.76. The van der Waals surface area contributed by atoms with Gasteiger partial charge in [-0.05, 0) is 6.07 Å². The second kappa shape index (κ2) is 5.00. The van der Waals surface area contributed by atoms with E-state index < -0.39 is 34.7 Å². The summed E-state index contributed by atoms with van der Waals surface area (Å²) in [6.45, 7) is -0.229.